The lowest BCUT2D eigenvalue weighted by atomic mass is 10.1. The Hall–Kier alpha value is -1.25. The SMILES string of the molecule is CCCCCC/C=C/CCCCCCCCCC(=O)OC[C@@H](COP(=O)(O)OCC[N+](C)(C)C)OC(=O)CCCCCCCCCC. The molecule has 0 aliphatic carbocycles. The molecule has 47 heavy (non-hydrogen) atoms. The summed E-state index contributed by atoms with van der Waals surface area (Å²) in [7, 11) is 1.48. The maximum Gasteiger partial charge on any atom is 0.472 e. The van der Waals surface area contributed by atoms with E-state index in [0.29, 0.717) is 17.4 Å². The van der Waals surface area contributed by atoms with Gasteiger partial charge >= 0.3 is 19.8 Å². The number of unbranched alkanes of at least 4 members (excludes halogenated alkanes) is 18. The van der Waals surface area contributed by atoms with E-state index in [1.807, 2.05) is 21.1 Å². The number of rotatable bonds is 34. The van der Waals surface area contributed by atoms with Crippen molar-refractivity contribution in [3.8, 4) is 0 Å². The Morgan fingerprint density at radius 2 is 1.09 bits per heavy atom. The summed E-state index contributed by atoms with van der Waals surface area (Å²) < 4.78 is 34.0. The molecule has 1 unspecified atom stereocenters. The maximum absolute atomic E-state index is 12.5. The summed E-state index contributed by atoms with van der Waals surface area (Å²) in [5.41, 5.74) is 0. The largest absolute Gasteiger partial charge is 0.472 e. The van der Waals surface area contributed by atoms with Crippen molar-refractivity contribution in [3.63, 3.8) is 0 Å². The lowest BCUT2D eigenvalue weighted by Gasteiger charge is -2.24. The molecular formula is C37H73NO8P+. The van der Waals surface area contributed by atoms with Crippen LogP contribution in [0.4, 0.5) is 0 Å². The van der Waals surface area contributed by atoms with E-state index in [2.05, 4.69) is 26.0 Å². The zero-order valence-electron chi connectivity index (χ0n) is 31.0. The second kappa shape index (κ2) is 30.8. The highest BCUT2D eigenvalue weighted by molar-refractivity contribution is 7.47. The van der Waals surface area contributed by atoms with Crippen molar-refractivity contribution in [1.29, 1.82) is 0 Å². The highest BCUT2D eigenvalue weighted by atomic mass is 31.2. The molecule has 0 amide bonds. The predicted octanol–water partition coefficient (Wildman–Crippen LogP) is 9.85. The van der Waals surface area contributed by atoms with Crippen molar-refractivity contribution < 1.29 is 42.1 Å². The maximum atomic E-state index is 12.5. The van der Waals surface area contributed by atoms with E-state index in [9.17, 15) is 19.0 Å². The molecule has 0 radical (unpaired) electrons. The third-order valence-corrected chi connectivity index (χ3v) is 9.03. The number of phosphoric acid groups is 1. The second-order valence-electron chi connectivity index (χ2n) is 14.0. The second-order valence-corrected chi connectivity index (χ2v) is 15.4. The molecule has 0 aliphatic rings. The van der Waals surface area contributed by atoms with Gasteiger partial charge in [0.15, 0.2) is 6.10 Å². The number of carbonyl (C=O) groups is 2. The van der Waals surface area contributed by atoms with Gasteiger partial charge in [-0.25, -0.2) is 4.57 Å². The van der Waals surface area contributed by atoms with Crippen LogP contribution in [0.25, 0.3) is 0 Å². The van der Waals surface area contributed by atoms with Crippen molar-refractivity contribution in [2.75, 3.05) is 47.5 Å². The molecule has 0 saturated carbocycles. The fourth-order valence-electron chi connectivity index (χ4n) is 5.01. The first-order valence-corrected chi connectivity index (χ1v) is 20.4. The molecule has 0 rings (SSSR count). The summed E-state index contributed by atoms with van der Waals surface area (Å²) in [5.74, 6) is -0.806. The molecule has 2 atom stereocenters. The first kappa shape index (κ1) is 45.8. The predicted molar refractivity (Wildman–Crippen MR) is 192 cm³/mol. The van der Waals surface area contributed by atoms with Crippen LogP contribution < -0.4 is 0 Å². The average molecular weight is 691 g/mol. The van der Waals surface area contributed by atoms with Crippen LogP contribution >= 0.6 is 7.82 Å². The fourth-order valence-corrected chi connectivity index (χ4v) is 5.75. The number of hydrogen-bond donors (Lipinski definition) is 1. The molecule has 0 saturated heterocycles. The molecule has 0 aromatic heterocycles. The number of allylic oxidation sites excluding steroid dienone is 2. The first-order chi connectivity index (χ1) is 22.5. The molecule has 0 bridgehead atoms. The zero-order chi connectivity index (χ0) is 35.1. The van der Waals surface area contributed by atoms with E-state index >= 15 is 0 Å². The molecule has 0 fully saturated rings. The Morgan fingerprint density at radius 1 is 0.638 bits per heavy atom. The lowest BCUT2D eigenvalue weighted by molar-refractivity contribution is -0.870. The van der Waals surface area contributed by atoms with Crippen LogP contribution in [0.15, 0.2) is 12.2 Å². The third-order valence-electron chi connectivity index (χ3n) is 8.05. The summed E-state index contributed by atoms with van der Waals surface area (Å²) >= 11 is 0. The van der Waals surface area contributed by atoms with Gasteiger partial charge in [-0.2, -0.15) is 0 Å². The van der Waals surface area contributed by atoms with E-state index < -0.39 is 26.5 Å². The van der Waals surface area contributed by atoms with E-state index in [1.54, 1.807) is 0 Å². The number of quaternary nitrogens is 1. The molecule has 1 N–H and O–H groups in total. The van der Waals surface area contributed by atoms with E-state index in [4.69, 9.17) is 18.5 Å². The quantitative estimate of drug-likeness (QED) is 0.0234. The van der Waals surface area contributed by atoms with E-state index in [-0.39, 0.29) is 32.0 Å². The molecular weight excluding hydrogens is 617 g/mol. The molecule has 10 heteroatoms. The Kier molecular flexibility index (Phi) is 30.0. The summed E-state index contributed by atoms with van der Waals surface area (Å²) in [6, 6.07) is 0. The number of nitrogens with zero attached hydrogens (tertiary/aromatic N) is 1. The van der Waals surface area contributed by atoms with Gasteiger partial charge in [0.1, 0.15) is 19.8 Å². The zero-order valence-corrected chi connectivity index (χ0v) is 31.9. The molecule has 0 aromatic carbocycles. The summed E-state index contributed by atoms with van der Waals surface area (Å²) in [6.45, 7) is 4.36. The van der Waals surface area contributed by atoms with Gasteiger partial charge in [-0.05, 0) is 38.5 Å². The third kappa shape index (κ3) is 34.4. The normalized spacial score (nSPS) is 13.9. The smallest absolute Gasteiger partial charge is 0.462 e. The van der Waals surface area contributed by atoms with Gasteiger partial charge in [0.05, 0.1) is 27.7 Å². The highest BCUT2D eigenvalue weighted by Gasteiger charge is 2.27. The van der Waals surface area contributed by atoms with Gasteiger partial charge in [-0.1, -0.05) is 122 Å². The Morgan fingerprint density at radius 3 is 1.60 bits per heavy atom. The molecule has 0 aromatic rings. The van der Waals surface area contributed by atoms with Crippen LogP contribution in [0.3, 0.4) is 0 Å². The molecule has 0 heterocycles. The number of hydrogen-bond acceptors (Lipinski definition) is 7. The van der Waals surface area contributed by atoms with Crippen molar-refractivity contribution in [2.45, 2.75) is 168 Å². The monoisotopic (exact) mass is 691 g/mol. The summed E-state index contributed by atoms with van der Waals surface area (Å²) in [5, 5.41) is 0. The van der Waals surface area contributed by atoms with Crippen LogP contribution in [-0.2, 0) is 32.7 Å². The topological polar surface area (TPSA) is 108 Å². The number of carbonyl (C=O) groups excluding carboxylic acids is 2. The van der Waals surface area contributed by atoms with Crippen LogP contribution in [0.2, 0.25) is 0 Å². The van der Waals surface area contributed by atoms with Gasteiger partial charge in [-0.3, -0.25) is 18.6 Å². The van der Waals surface area contributed by atoms with E-state index in [1.165, 1.54) is 96.3 Å². The van der Waals surface area contributed by atoms with Gasteiger partial charge in [-0.15, -0.1) is 0 Å². The van der Waals surface area contributed by atoms with Crippen LogP contribution in [0.1, 0.15) is 162 Å². The van der Waals surface area contributed by atoms with Gasteiger partial charge in [0, 0.05) is 12.8 Å². The van der Waals surface area contributed by atoms with Gasteiger partial charge in [0.2, 0.25) is 0 Å². The Labute approximate surface area is 288 Å². The summed E-state index contributed by atoms with van der Waals surface area (Å²) in [4.78, 5) is 35.0. The lowest BCUT2D eigenvalue weighted by Crippen LogP contribution is -2.37. The first-order valence-electron chi connectivity index (χ1n) is 18.9. The molecule has 0 spiro atoms. The number of phosphoric ester groups is 1. The Bertz CT molecular complexity index is 830. The number of ether oxygens (including phenoxy) is 2. The minimum Gasteiger partial charge on any atom is -0.462 e. The Balaban J connectivity index is 4.37. The minimum atomic E-state index is -4.36. The van der Waals surface area contributed by atoms with Crippen molar-refractivity contribution >= 4 is 19.8 Å². The van der Waals surface area contributed by atoms with Crippen LogP contribution in [0.5, 0.6) is 0 Å². The van der Waals surface area contributed by atoms with Crippen molar-refractivity contribution in [3.05, 3.63) is 12.2 Å². The number of esters is 2. The summed E-state index contributed by atoms with van der Waals surface area (Å²) in [6.07, 6.45) is 28.4. The molecule has 278 valence electrons. The standard InChI is InChI=1S/C37H72NO8P/c1-6-8-10-12-14-16-17-18-19-20-21-22-24-25-27-29-36(39)43-33-35(34-45-47(41,42)44-32-31-38(3,4)5)46-37(40)30-28-26-23-15-13-11-9-7-2/h16-17,35H,6-15,18-34H2,1-5H3/p+1/b17-16+/t35-/m0/s1. The number of likely N-dealkylation sites (N-methyl/N-ethyl adjacent to an activating group) is 1. The fraction of sp³-hybridized carbons (Fsp3) is 0.892. The van der Waals surface area contributed by atoms with Crippen LogP contribution in [-0.4, -0.2) is 74.9 Å². The minimum absolute atomic E-state index is 0.0335. The van der Waals surface area contributed by atoms with Gasteiger partial charge < -0.3 is 18.9 Å². The van der Waals surface area contributed by atoms with Crippen molar-refractivity contribution in [1.82, 2.24) is 0 Å². The van der Waals surface area contributed by atoms with Crippen LogP contribution in [0, 0.1) is 0 Å². The van der Waals surface area contributed by atoms with Crippen molar-refractivity contribution in [2.24, 2.45) is 0 Å². The molecule has 0 aliphatic heterocycles. The average Bonchev–Trinajstić information content (AvgIpc) is 3.01. The molecule has 9 nitrogen and oxygen atoms in total. The van der Waals surface area contributed by atoms with Gasteiger partial charge in [0.25, 0.3) is 0 Å². The van der Waals surface area contributed by atoms with E-state index in [0.717, 1.165) is 32.1 Å². The highest BCUT2D eigenvalue weighted by Crippen LogP contribution is 2.43.